The maximum absolute atomic E-state index is 12.3. The van der Waals surface area contributed by atoms with Gasteiger partial charge >= 0.3 is 0 Å². The second-order valence-corrected chi connectivity index (χ2v) is 8.43. The van der Waals surface area contributed by atoms with Gasteiger partial charge in [0.25, 0.3) is 5.91 Å². The normalized spacial score (nSPS) is 11.3. The van der Waals surface area contributed by atoms with Gasteiger partial charge in [-0.2, -0.15) is 0 Å². The van der Waals surface area contributed by atoms with Gasteiger partial charge in [-0.1, -0.05) is 12.1 Å². The summed E-state index contributed by atoms with van der Waals surface area (Å²) < 4.78 is 31.3. The molecule has 2 aromatic carbocycles. The van der Waals surface area contributed by atoms with Crippen LogP contribution < -0.4 is 14.4 Å². The van der Waals surface area contributed by atoms with E-state index in [0.717, 1.165) is 5.56 Å². The Bertz CT molecular complexity index is 860. The van der Waals surface area contributed by atoms with Crippen LogP contribution in [0, 0.1) is 0 Å². The van der Waals surface area contributed by atoms with Crippen LogP contribution in [0.1, 0.15) is 36.7 Å². The first kappa shape index (κ1) is 20.8. The molecular weight excluding hydrogens is 364 g/mol. The molecule has 0 aliphatic heterocycles. The molecule has 0 bridgehead atoms. The van der Waals surface area contributed by atoms with Gasteiger partial charge in [-0.05, 0) is 62.7 Å². The lowest BCUT2D eigenvalue weighted by Gasteiger charge is -2.23. The molecule has 0 saturated heterocycles. The predicted molar refractivity (Wildman–Crippen MR) is 108 cm³/mol. The maximum atomic E-state index is 12.3. The van der Waals surface area contributed by atoms with Gasteiger partial charge in [0, 0.05) is 11.6 Å². The summed E-state index contributed by atoms with van der Waals surface area (Å²) in [5.74, 6) is 0.540. The summed E-state index contributed by atoms with van der Waals surface area (Å²) >= 11 is 0. The van der Waals surface area contributed by atoms with Gasteiger partial charge in [-0.25, -0.2) is 8.42 Å². The third kappa shape index (κ3) is 5.99. The topological polar surface area (TPSA) is 75.7 Å². The van der Waals surface area contributed by atoms with Crippen LogP contribution >= 0.6 is 0 Å². The molecule has 0 atom stereocenters. The molecule has 1 amide bonds. The molecule has 6 nitrogen and oxygen atoms in total. The summed E-state index contributed by atoms with van der Waals surface area (Å²) in [5, 5.41) is 2.83. The van der Waals surface area contributed by atoms with E-state index in [4.69, 9.17) is 4.74 Å². The van der Waals surface area contributed by atoms with Gasteiger partial charge in [-0.15, -0.1) is 0 Å². The zero-order chi connectivity index (χ0) is 20.0. The Balaban J connectivity index is 2.20. The molecule has 27 heavy (non-hydrogen) atoms. The van der Waals surface area contributed by atoms with Gasteiger partial charge in [0.2, 0.25) is 10.0 Å². The number of hydrogen-bond acceptors (Lipinski definition) is 4. The smallest absolute Gasteiger partial charge is 0.251 e. The molecule has 2 aromatic rings. The van der Waals surface area contributed by atoms with E-state index in [9.17, 15) is 13.2 Å². The quantitative estimate of drug-likeness (QED) is 0.751. The SMILES string of the molecule is CCOc1ccc(N(Cc2ccc(C(=O)NC(C)C)cc2)S(C)(=O)=O)cc1. The van der Waals surface area contributed by atoms with Gasteiger partial charge in [0.05, 0.1) is 25.1 Å². The Kier molecular flexibility index (Phi) is 6.85. The lowest BCUT2D eigenvalue weighted by molar-refractivity contribution is 0.0943. The van der Waals surface area contributed by atoms with Crippen LogP contribution in [0.15, 0.2) is 48.5 Å². The average molecular weight is 391 g/mol. The fraction of sp³-hybridized carbons (Fsp3) is 0.350. The standard InChI is InChI=1S/C20H26N2O4S/c1-5-26-19-12-10-18(11-13-19)22(27(4,24)25)14-16-6-8-17(9-7-16)20(23)21-15(2)3/h6-13,15H,5,14H2,1-4H3,(H,21,23). The van der Waals surface area contributed by atoms with Crippen molar-refractivity contribution in [3.63, 3.8) is 0 Å². The lowest BCUT2D eigenvalue weighted by Crippen LogP contribution is -2.30. The van der Waals surface area contributed by atoms with Crippen molar-refractivity contribution in [3.8, 4) is 5.75 Å². The van der Waals surface area contributed by atoms with Gasteiger partial charge < -0.3 is 10.1 Å². The Morgan fingerprint density at radius 3 is 2.15 bits per heavy atom. The maximum Gasteiger partial charge on any atom is 0.251 e. The minimum absolute atomic E-state index is 0.0533. The zero-order valence-electron chi connectivity index (χ0n) is 16.1. The predicted octanol–water partition coefficient (Wildman–Crippen LogP) is 3.19. The van der Waals surface area contributed by atoms with Crippen LogP contribution in [-0.2, 0) is 16.6 Å². The number of hydrogen-bond donors (Lipinski definition) is 1. The van der Waals surface area contributed by atoms with Crippen molar-refractivity contribution in [2.45, 2.75) is 33.4 Å². The van der Waals surface area contributed by atoms with Crippen LogP contribution in [0.3, 0.4) is 0 Å². The van der Waals surface area contributed by atoms with Crippen LogP contribution in [0.5, 0.6) is 5.75 Å². The molecule has 1 N–H and O–H groups in total. The summed E-state index contributed by atoms with van der Waals surface area (Å²) in [4.78, 5) is 12.0. The number of sulfonamides is 1. The Morgan fingerprint density at radius 2 is 1.67 bits per heavy atom. The van der Waals surface area contributed by atoms with Crippen molar-refractivity contribution in [2.24, 2.45) is 0 Å². The minimum atomic E-state index is -3.47. The van der Waals surface area contributed by atoms with E-state index in [2.05, 4.69) is 5.32 Å². The van der Waals surface area contributed by atoms with Crippen molar-refractivity contribution in [1.29, 1.82) is 0 Å². The summed E-state index contributed by atoms with van der Waals surface area (Å²) in [7, 11) is -3.47. The van der Waals surface area contributed by atoms with Crippen molar-refractivity contribution in [3.05, 3.63) is 59.7 Å². The van der Waals surface area contributed by atoms with E-state index in [0.29, 0.717) is 23.6 Å². The molecule has 7 heteroatoms. The Labute approximate surface area is 161 Å². The van der Waals surface area contributed by atoms with Gasteiger partial charge in [0.1, 0.15) is 5.75 Å². The molecule has 146 valence electrons. The highest BCUT2D eigenvalue weighted by Gasteiger charge is 2.18. The van der Waals surface area contributed by atoms with E-state index < -0.39 is 10.0 Å². The number of carbonyl (C=O) groups is 1. The van der Waals surface area contributed by atoms with E-state index in [-0.39, 0.29) is 18.5 Å². The van der Waals surface area contributed by atoms with Crippen molar-refractivity contribution in [1.82, 2.24) is 5.32 Å². The first-order valence-corrected chi connectivity index (χ1v) is 10.7. The van der Waals surface area contributed by atoms with Crippen molar-refractivity contribution < 1.29 is 17.9 Å². The zero-order valence-corrected chi connectivity index (χ0v) is 16.9. The van der Waals surface area contributed by atoms with Crippen LogP contribution in [-0.4, -0.2) is 33.2 Å². The van der Waals surface area contributed by atoms with E-state index >= 15 is 0 Å². The first-order valence-electron chi connectivity index (χ1n) is 8.81. The van der Waals surface area contributed by atoms with Crippen LogP contribution in [0.25, 0.3) is 0 Å². The molecule has 0 saturated carbocycles. The number of nitrogens with zero attached hydrogens (tertiary/aromatic N) is 1. The van der Waals surface area contributed by atoms with E-state index in [1.165, 1.54) is 10.6 Å². The Morgan fingerprint density at radius 1 is 1.07 bits per heavy atom. The second kappa shape index (κ2) is 8.90. The lowest BCUT2D eigenvalue weighted by atomic mass is 10.1. The summed E-state index contributed by atoms with van der Waals surface area (Å²) in [6, 6.07) is 13.9. The molecule has 0 radical (unpaired) electrons. The molecule has 2 rings (SSSR count). The second-order valence-electron chi connectivity index (χ2n) is 6.52. The monoisotopic (exact) mass is 390 g/mol. The highest BCUT2D eigenvalue weighted by atomic mass is 32.2. The molecular formula is C20H26N2O4S. The number of carbonyl (C=O) groups excluding carboxylic acids is 1. The fourth-order valence-electron chi connectivity index (χ4n) is 2.55. The highest BCUT2D eigenvalue weighted by Crippen LogP contribution is 2.24. The molecule has 0 heterocycles. The molecule has 0 aliphatic carbocycles. The summed E-state index contributed by atoms with van der Waals surface area (Å²) in [5.41, 5.74) is 1.89. The fourth-order valence-corrected chi connectivity index (χ4v) is 3.44. The highest BCUT2D eigenvalue weighted by molar-refractivity contribution is 7.92. The van der Waals surface area contributed by atoms with Crippen molar-refractivity contribution in [2.75, 3.05) is 17.2 Å². The largest absolute Gasteiger partial charge is 0.494 e. The van der Waals surface area contributed by atoms with E-state index in [1.807, 2.05) is 20.8 Å². The molecule has 0 unspecified atom stereocenters. The number of rotatable bonds is 8. The van der Waals surface area contributed by atoms with Crippen LogP contribution in [0.4, 0.5) is 5.69 Å². The van der Waals surface area contributed by atoms with E-state index in [1.54, 1.807) is 48.5 Å². The van der Waals surface area contributed by atoms with Crippen molar-refractivity contribution >= 4 is 21.6 Å². The number of ether oxygens (including phenoxy) is 1. The molecule has 0 aliphatic rings. The van der Waals surface area contributed by atoms with Crippen LogP contribution in [0.2, 0.25) is 0 Å². The summed E-state index contributed by atoms with van der Waals surface area (Å²) in [6.45, 7) is 6.41. The minimum Gasteiger partial charge on any atom is -0.494 e. The third-order valence-corrected chi connectivity index (χ3v) is 4.94. The number of anilines is 1. The molecule has 0 aromatic heterocycles. The first-order chi connectivity index (χ1) is 12.7. The average Bonchev–Trinajstić information content (AvgIpc) is 2.60. The third-order valence-electron chi connectivity index (χ3n) is 3.80. The molecule has 0 spiro atoms. The Hall–Kier alpha value is -2.54. The van der Waals surface area contributed by atoms with Gasteiger partial charge in [-0.3, -0.25) is 9.10 Å². The number of amides is 1. The number of nitrogens with one attached hydrogen (secondary N) is 1. The molecule has 0 fully saturated rings. The number of benzene rings is 2. The van der Waals surface area contributed by atoms with Gasteiger partial charge in [0.15, 0.2) is 0 Å². The summed E-state index contributed by atoms with van der Waals surface area (Å²) in [6.07, 6.45) is 1.17.